The third-order valence-corrected chi connectivity index (χ3v) is 5.78. The van der Waals surface area contributed by atoms with E-state index in [1.165, 1.54) is 6.92 Å². The Labute approximate surface area is 186 Å². The standard InChI is InChI=1S/C25H26N4O3/c1-18(30)28-14-11-22-20(16-28)17-29(13-10-19-7-3-2-4-8-19)25(32)23(22)24(31)27-15-21-9-5-6-12-26-21/h2-9,12,17H,10-11,13-16H2,1H3,(H,27,31). The number of nitrogens with zero attached hydrogens (tertiary/aromatic N) is 3. The van der Waals surface area contributed by atoms with E-state index in [0.29, 0.717) is 32.5 Å². The molecule has 0 saturated heterocycles. The monoisotopic (exact) mass is 430 g/mol. The number of rotatable bonds is 6. The Hall–Kier alpha value is -3.74. The summed E-state index contributed by atoms with van der Waals surface area (Å²) in [5, 5.41) is 2.85. The molecule has 7 heteroatoms. The fraction of sp³-hybridized carbons (Fsp3) is 0.280. The number of carbonyl (C=O) groups is 2. The van der Waals surface area contributed by atoms with Gasteiger partial charge in [0.15, 0.2) is 0 Å². The number of hydrogen-bond acceptors (Lipinski definition) is 4. The van der Waals surface area contributed by atoms with E-state index in [1.54, 1.807) is 15.7 Å². The molecule has 0 unspecified atom stereocenters. The first-order valence-electron chi connectivity index (χ1n) is 10.8. The number of amides is 2. The Balaban J connectivity index is 1.65. The molecule has 0 bridgehead atoms. The maximum atomic E-state index is 13.3. The van der Waals surface area contributed by atoms with Crippen molar-refractivity contribution in [3.63, 3.8) is 0 Å². The molecule has 2 aromatic heterocycles. The molecule has 32 heavy (non-hydrogen) atoms. The number of carbonyl (C=O) groups excluding carboxylic acids is 2. The fourth-order valence-corrected chi connectivity index (χ4v) is 4.04. The molecule has 1 aromatic carbocycles. The van der Waals surface area contributed by atoms with E-state index in [1.807, 2.05) is 54.7 Å². The highest BCUT2D eigenvalue weighted by Gasteiger charge is 2.27. The van der Waals surface area contributed by atoms with Crippen LogP contribution in [0.1, 0.15) is 39.7 Å². The highest BCUT2D eigenvalue weighted by atomic mass is 16.2. The minimum absolute atomic E-state index is 0.0150. The van der Waals surface area contributed by atoms with Crippen molar-refractivity contribution >= 4 is 11.8 Å². The number of hydrogen-bond donors (Lipinski definition) is 1. The molecule has 1 aliphatic heterocycles. The van der Waals surface area contributed by atoms with Crippen molar-refractivity contribution in [3.8, 4) is 0 Å². The number of pyridine rings is 2. The van der Waals surface area contributed by atoms with Gasteiger partial charge in [-0.15, -0.1) is 0 Å². The van der Waals surface area contributed by atoms with Crippen molar-refractivity contribution in [2.24, 2.45) is 0 Å². The molecule has 4 rings (SSSR count). The van der Waals surface area contributed by atoms with Crippen molar-refractivity contribution in [2.75, 3.05) is 6.54 Å². The van der Waals surface area contributed by atoms with Gasteiger partial charge in [-0.25, -0.2) is 0 Å². The first-order chi connectivity index (χ1) is 15.5. The minimum Gasteiger partial charge on any atom is -0.346 e. The summed E-state index contributed by atoms with van der Waals surface area (Å²) in [7, 11) is 0. The molecule has 0 fully saturated rings. The largest absolute Gasteiger partial charge is 0.346 e. The molecule has 7 nitrogen and oxygen atoms in total. The molecule has 0 spiro atoms. The SMILES string of the molecule is CC(=O)N1CCc2c(cn(CCc3ccccc3)c(=O)c2C(=O)NCc2ccccn2)C1. The number of fused-ring (bicyclic) bond motifs is 1. The van der Waals surface area contributed by atoms with Crippen LogP contribution in [0, 0.1) is 0 Å². The van der Waals surface area contributed by atoms with Gasteiger partial charge < -0.3 is 14.8 Å². The number of nitrogens with one attached hydrogen (secondary N) is 1. The quantitative estimate of drug-likeness (QED) is 0.651. The van der Waals surface area contributed by atoms with E-state index in [0.717, 1.165) is 22.4 Å². The molecule has 3 aromatic rings. The zero-order valence-electron chi connectivity index (χ0n) is 18.1. The Morgan fingerprint density at radius 1 is 1.09 bits per heavy atom. The van der Waals surface area contributed by atoms with Crippen LogP contribution >= 0.6 is 0 Å². The average Bonchev–Trinajstić information content (AvgIpc) is 2.82. The number of aryl methyl sites for hydroxylation is 2. The molecule has 164 valence electrons. The molecular formula is C25H26N4O3. The summed E-state index contributed by atoms with van der Waals surface area (Å²) in [6.07, 6.45) is 4.63. The van der Waals surface area contributed by atoms with Crippen LogP contribution < -0.4 is 10.9 Å². The van der Waals surface area contributed by atoms with Gasteiger partial charge in [0, 0.05) is 39.0 Å². The molecule has 0 saturated carbocycles. The number of benzene rings is 1. The zero-order chi connectivity index (χ0) is 22.5. The lowest BCUT2D eigenvalue weighted by atomic mass is 9.95. The van der Waals surface area contributed by atoms with Crippen LogP contribution in [-0.4, -0.2) is 32.8 Å². The Bertz CT molecular complexity index is 1170. The van der Waals surface area contributed by atoms with Crippen LogP contribution in [-0.2, 0) is 37.3 Å². The van der Waals surface area contributed by atoms with E-state index < -0.39 is 5.91 Å². The summed E-state index contributed by atoms with van der Waals surface area (Å²) < 4.78 is 1.60. The minimum atomic E-state index is -0.401. The molecular weight excluding hydrogens is 404 g/mol. The Morgan fingerprint density at radius 2 is 1.88 bits per heavy atom. The number of aromatic nitrogens is 2. The van der Waals surface area contributed by atoms with Gasteiger partial charge in [0.2, 0.25) is 5.91 Å². The van der Waals surface area contributed by atoms with Gasteiger partial charge in [0.05, 0.1) is 12.2 Å². The van der Waals surface area contributed by atoms with Gasteiger partial charge in [-0.3, -0.25) is 19.4 Å². The summed E-state index contributed by atoms with van der Waals surface area (Å²) in [4.78, 5) is 44.3. The van der Waals surface area contributed by atoms with Crippen LogP contribution in [0.4, 0.5) is 0 Å². The average molecular weight is 431 g/mol. The third-order valence-electron chi connectivity index (χ3n) is 5.78. The van der Waals surface area contributed by atoms with Crippen LogP contribution in [0.15, 0.2) is 65.7 Å². The first kappa shape index (κ1) is 21.5. The van der Waals surface area contributed by atoms with Gasteiger partial charge >= 0.3 is 0 Å². The summed E-state index contributed by atoms with van der Waals surface area (Å²) in [6.45, 7) is 3.13. The van der Waals surface area contributed by atoms with Crippen molar-refractivity contribution < 1.29 is 9.59 Å². The highest BCUT2D eigenvalue weighted by molar-refractivity contribution is 5.95. The van der Waals surface area contributed by atoms with Crippen molar-refractivity contribution in [2.45, 2.75) is 39.4 Å². The van der Waals surface area contributed by atoms with Crippen LogP contribution in [0.25, 0.3) is 0 Å². The summed E-state index contributed by atoms with van der Waals surface area (Å²) in [6, 6.07) is 15.4. The van der Waals surface area contributed by atoms with Crippen molar-refractivity contribution in [1.82, 2.24) is 19.8 Å². The van der Waals surface area contributed by atoms with Crippen LogP contribution in [0.3, 0.4) is 0 Å². The van der Waals surface area contributed by atoms with Gasteiger partial charge in [-0.05, 0) is 41.7 Å². The van der Waals surface area contributed by atoms with Gasteiger partial charge in [-0.1, -0.05) is 36.4 Å². The molecule has 1 aliphatic rings. The molecule has 0 atom stereocenters. The zero-order valence-corrected chi connectivity index (χ0v) is 18.1. The van der Waals surface area contributed by atoms with Crippen LogP contribution in [0.5, 0.6) is 0 Å². The van der Waals surface area contributed by atoms with E-state index in [9.17, 15) is 14.4 Å². The summed E-state index contributed by atoms with van der Waals surface area (Å²) in [5.74, 6) is -0.416. The lowest BCUT2D eigenvalue weighted by Crippen LogP contribution is -2.40. The second kappa shape index (κ2) is 9.60. The van der Waals surface area contributed by atoms with E-state index >= 15 is 0 Å². The van der Waals surface area contributed by atoms with Crippen LogP contribution in [0.2, 0.25) is 0 Å². The molecule has 3 heterocycles. The molecule has 1 N–H and O–H groups in total. The highest BCUT2D eigenvalue weighted by Crippen LogP contribution is 2.21. The van der Waals surface area contributed by atoms with Gasteiger partial charge in [0.1, 0.15) is 5.56 Å². The molecule has 2 amide bonds. The van der Waals surface area contributed by atoms with Gasteiger partial charge in [-0.2, -0.15) is 0 Å². The maximum Gasteiger partial charge on any atom is 0.263 e. The maximum absolute atomic E-state index is 13.3. The summed E-state index contributed by atoms with van der Waals surface area (Å²) >= 11 is 0. The van der Waals surface area contributed by atoms with Crippen molar-refractivity contribution in [3.05, 3.63) is 99.2 Å². The predicted molar refractivity (Wildman–Crippen MR) is 121 cm³/mol. The molecule has 0 radical (unpaired) electrons. The van der Waals surface area contributed by atoms with E-state index in [4.69, 9.17) is 0 Å². The Morgan fingerprint density at radius 3 is 2.59 bits per heavy atom. The fourth-order valence-electron chi connectivity index (χ4n) is 4.04. The van der Waals surface area contributed by atoms with Crippen molar-refractivity contribution in [1.29, 1.82) is 0 Å². The smallest absolute Gasteiger partial charge is 0.263 e. The first-order valence-corrected chi connectivity index (χ1v) is 10.8. The van der Waals surface area contributed by atoms with Gasteiger partial charge in [0.25, 0.3) is 11.5 Å². The topological polar surface area (TPSA) is 84.3 Å². The third kappa shape index (κ3) is 4.77. The Kier molecular flexibility index (Phi) is 6.44. The second-order valence-corrected chi connectivity index (χ2v) is 7.94. The second-order valence-electron chi connectivity index (χ2n) is 7.94. The molecule has 0 aliphatic carbocycles. The van der Waals surface area contributed by atoms with E-state index in [-0.39, 0.29) is 23.6 Å². The lowest BCUT2D eigenvalue weighted by molar-refractivity contribution is -0.129. The van der Waals surface area contributed by atoms with E-state index in [2.05, 4.69) is 10.3 Å². The lowest BCUT2D eigenvalue weighted by Gasteiger charge is -2.29. The normalized spacial score (nSPS) is 12.8. The predicted octanol–water partition coefficient (Wildman–Crippen LogP) is 2.32. The summed E-state index contributed by atoms with van der Waals surface area (Å²) in [5.41, 5.74) is 3.30.